The maximum Gasteiger partial charge on any atom is 0.267 e. The van der Waals surface area contributed by atoms with E-state index in [0.29, 0.717) is 12.8 Å². The lowest BCUT2D eigenvalue weighted by Crippen LogP contribution is -2.50. The quantitative estimate of drug-likeness (QED) is 0.0277. The van der Waals surface area contributed by atoms with Crippen LogP contribution in [0.5, 0.6) is 0 Å². The number of hydrogen-bond acceptors (Lipinski definition) is 5. The zero-order chi connectivity index (χ0) is 41.2. The van der Waals surface area contributed by atoms with E-state index in [0.717, 1.165) is 57.8 Å². The van der Waals surface area contributed by atoms with E-state index in [1.54, 1.807) is 6.08 Å². The third-order valence-electron chi connectivity index (χ3n) is 10.3. The summed E-state index contributed by atoms with van der Waals surface area (Å²) in [6.07, 6.45) is 54.2. The molecule has 8 heteroatoms. The molecule has 0 aliphatic carbocycles. The molecule has 0 heterocycles. The first kappa shape index (κ1) is 54.0. The molecule has 3 unspecified atom stereocenters. The van der Waals surface area contributed by atoms with Crippen LogP contribution in [0.4, 0.5) is 0 Å². The first-order valence-corrected chi connectivity index (χ1v) is 24.7. The summed E-state index contributed by atoms with van der Waals surface area (Å²) in [5.74, 6) is -1.57. The molecule has 0 fully saturated rings. The van der Waals surface area contributed by atoms with Gasteiger partial charge in [0.05, 0.1) is 17.9 Å². The van der Waals surface area contributed by atoms with Gasteiger partial charge in [0.2, 0.25) is 5.91 Å². The minimum Gasteiger partial charge on any atom is -0.387 e. The van der Waals surface area contributed by atoms with Crippen molar-refractivity contribution in [2.75, 3.05) is 5.75 Å². The lowest BCUT2D eigenvalue weighted by Gasteiger charge is -2.22. The molecule has 3 atom stereocenters. The Morgan fingerprint density at radius 3 is 1.38 bits per heavy atom. The van der Waals surface area contributed by atoms with Crippen molar-refractivity contribution in [2.45, 2.75) is 231 Å². The first-order valence-electron chi connectivity index (χ1n) is 23.1. The van der Waals surface area contributed by atoms with Crippen molar-refractivity contribution < 1.29 is 28.0 Å². The fraction of sp³-hybridized carbons (Fsp3) is 0.771. The van der Waals surface area contributed by atoms with Crippen molar-refractivity contribution in [3.8, 4) is 0 Å². The highest BCUT2D eigenvalue weighted by Gasteiger charge is 2.27. The number of amides is 1. The van der Waals surface area contributed by atoms with Crippen LogP contribution in [-0.2, 0) is 14.9 Å². The smallest absolute Gasteiger partial charge is 0.267 e. The zero-order valence-electron chi connectivity index (χ0n) is 36.1. The lowest BCUT2D eigenvalue weighted by atomic mass is 10.0. The van der Waals surface area contributed by atoms with Crippen molar-refractivity contribution >= 4 is 16.0 Å². The average molecular weight is 806 g/mol. The summed E-state index contributed by atoms with van der Waals surface area (Å²) in [6.45, 7) is 4.42. The maximum atomic E-state index is 12.6. The van der Waals surface area contributed by atoms with Gasteiger partial charge < -0.3 is 15.5 Å². The van der Waals surface area contributed by atoms with Crippen LogP contribution in [0.2, 0.25) is 0 Å². The Morgan fingerprint density at radius 2 is 0.911 bits per heavy atom. The molecule has 0 spiro atoms. The highest BCUT2D eigenvalue weighted by atomic mass is 32.2. The van der Waals surface area contributed by atoms with Gasteiger partial charge >= 0.3 is 0 Å². The third kappa shape index (κ3) is 40.2. The third-order valence-corrected chi connectivity index (χ3v) is 11.0. The van der Waals surface area contributed by atoms with Crippen LogP contribution in [-0.4, -0.2) is 53.1 Å². The monoisotopic (exact) mass is 806 g/mol. The fourth-order valence-electron chi connectivity index (χ4n) is 6.76. The van der Waals surface area contributed by atoms with Crippen molar-refractivity contribution in [2.24, 2.45) is 0 Å². The van der Waals surface area contributed by atoms with Gasteiger partial charge in [0.1, 0.15) is 6.10 Å². The van der Waals surface area contributed by atoms with E-state index in [4.69, 9.17) is 0 Å². The molecule has 0 radical (unpaired) electrons. The van der Waals surface area contributed by atoms with Crippen LogP contribution in [0.1, 0.15) is 213 Å². The summed E-state index contributed by atoms with van der Waals surface area (Å²) in [5, 5.41) is 23.5. The number of carbonyl (C=O) groups is 1. The van der Waals surface area contributed by atoms with Gasteiger partial charge in [0, 0.05) is 0 Å². The minimum atomic E-state index is -4.46. The molecule has 0 aliphatic rings. The Kier molecular flexibility index (Phi) is 39.7. The Labute approximate surface area is 345 Å². The molecule has 56 heavy (non-hydrogen) atoms. The van der Waals surface area contributed by atoms with Gasteiger partial charge in [-0.05, 0) is 70.6 Å². The van der Waals surface area contributed by atoms with Crippen LogP contribution in [0.15, 0.2) is 60.8 Å². The second kappa shape index (κ2) is 41.2. The van der Waals surface area contributed by atoms with Crippen molar-refractivity contribution in [1.82, 2.24) is 5.32 Å². The number of hydrogen-bond donors (Lipinski definition) is 4. The summed E-state index contributed by atoms with van der Waals surface area (Å²) < 4.78 is 32.6. The highest BCUT2D eigenvalue weighted by molar-refractivity contribution is 7.85. The molecule has 7 nitrogen and oxygen atoms in total. The summed E-state index contributed by atoms with van der Waals surface area (Å²) in [5.41, 5.74) is 0. The van der Waals surface area contributed by atoms with Crippen LogP contribution >= 0.6 is 0 Å². The van der Waals surface area contributed by atoms with Gasteiger partial charge in [-0.15, -0.1) is 0 Å². The normalized spacial score (nSPS) is 14.3. The topological polar surface area (TPSA) is 124 Å². The number of carbonyl (C=O) groups excluding carboxylic acids is 1. The van der Waals surface area contributed by atoms with E-state index >= 15 is 0 Å². The van der Waals surface area contributed by atoms with Crippen LogP contribution in [0.25, 0.3) is 0 Å². The molecular weight excluding hydrogens is 719 g/mol. The zero-order valence-corrected chi connectivity index (χ0v) is 36.9. The summed E-state index contributed by atoms with van der Waals surface area (Å²) in [7, 11) is -4.46. The van der Waals surface area contributed by atoms with E-state index in [2.05, 4.69) is 67.8 Å². The fourth-order valence-corrected chi connectivity index (χ4v) is 7.50. The van der Waals surface area contributed by atoms with Crippen LogP contribution < -0.4 is 5.32 Å². The largest absolute Gasteiger partial charge is 0.387 e. The van der Waals surface area contributed by atoms with Crippen LogP contribution in [0.3, 0.4) is 0 Å². The Morgan fingerprint density at radius 1 is 0.518 bits per heavy atom. The lowest BCUT2D eigenvalue weighted by molar-refractivity contribution is -0.130. The van der Waals surface area contributed by atoms with E-state index in [9.17, 15) is 28.0 Å². The Bertz CT molecular complexity index is 1130. The van der Waals surface area contributed by atoms with E-state index in [1.807, 2.05) is 0 Å². The number of rotatable bonds is 41. The molecule has 4 N–H and O–H groups in total. The SMILES string of the molecule is CC/C=C\C/C=C\CCCCCCCCCCCCCCCC(O)C(=O)NC(CS(=O)(=O)O)C(O)/C=C/CC/C=C/CC/C=C/CCCCCCCCCCC. The summed E-state index contributed by atoms with van der Waals surface area (Å²) in [4.78, 5) is 12.6. The van der Waals surface area contributed by atoms with Gasteiger partial charge in [0.25, 0.3) is 10.1 Å². The van der Waals surface area contributed by atoms with E-state index < -0.39 is 40.0 Å². The highest BCUT2D eigenvalue weighted by Crippen LogP contribution is 2.15. The molecular formula is C48H87NO6S. The molecule has 326 valence electrons. The second-order valence-electron chi connectivity index (χ2n) is 15.8. The number of aliphatic hydroxyl groups is 2. The first-order chi connectivity index (χ1) is 27.2. The molecule has 0 aromatic rings. The van der Waals surface area contributed by atoms with Crippen molar-refractivity contribution in [1.29, 1.82) is 0 Å². The Balaban J connectivity index is 4.02. The molecule has 0 bridgehead atoms. The van der Waals surface area contributed by atoms with Crippen molar-refractivity contribution in [3.05, 3.63) is 60.8 Å². The number of nitrogens with one attached hydrogen (secondary N) is 1. The average Bonchev–Trinajstić information content (AvgIpc) is 3.17. The van der Waals surface area contributed by atoms with Gasteiger partial charge in [-0.25, -0.2) is 0 Å². The van der Waals surface area contributed by atoms with E-state index in [-0.39, 0.29) is 6.42 Å². The molecule has 0 aliphatic heterocycles. The van der Waals surface area contributed by atoms with Crippen LogP contribution in [0, 0.1) is 0 Å². The standard InChI is InChI=1S/C48H87NO6S/c1-3-5-7-9-11-13-15-17-19-21-23-25-27-29-31-33-35-37-39-41-43-47(51)48(52)49-45(44-56(53,54)55)46(50)42-40-38-36-34-32-30-28-26-24-22-20-18-16-14-12-10-8-6-4-2/h5,7,11,13,24,26,32,34,40,42,45-47,50-51H,3-4,6,8-10,12,14-23,25,27-31,33,35-39,41,43-44H2,1-2H3,(H,49,52)(H,53,54,55)/b7-5-,13-11-,26-24+,34-32+,42-40+. The van der Waals surface area contributed by atoms with E-state index in [1.165, 1.54) is 128 Å². The van der Waals surface area contributed by atoms with Gasteiger partial charge in [0.15, 0.2) is 0 Å². The minimum absolute atomic E-state index is 0.268. The predicted octanol–water partition coefficient (Wildman–Crippen LogP) is 13.0. The molecule has 0 saturated carbocycles. The number of allylic oxidation sites excluding steroid dienone is 9. The summed E-state index contributed by atoms with van der Waals surface area (Å²) >= 11 is 0. The molecule has 1 amide bonds. The molecule has 0 aromatic heterocycles. The van der Waals surface area contributed by atoms with Crippen molar-refractivity contribution in [3.63, 3.8) is 0 Å². The van der Waals surface area contributed by atoms with Gasteiger partial charge in [-0.3, -0.25) is 9.35 Å². The van der Waals surface area contributed by atoms with Gasteiger partial charge in [-0.1, -0.05) is 203 Å². The molecule has 0 aromatic carbocycles. The second-order valence-corrected chi connectivity index (χ2v) is 17.3. The van der Waals surface area contributed by atoms with Gasteiger partial charge in [-0.2, -0.15) is 8.42 Å². The predicted molar refractivity (Wildman–Crippen MR) is 241 cm³/mol. The summed E-state index contributed by atoms with van der Waals surface area (Å²) in [6, 6.07) is -1.26. The number of unbranched alkanes of at least 4 members (excludes halogenated alkanes) is 24. The maximum absolute atomic E-state index is 12.6. The molecule has 0 saturated heterocycles. The Hall–Kier alpha value is -2.00. The number of aliphatic hydroxyl groups excluding tert-OH is 2. The molecule has 0 rings (SSSR count).